The van der Waals surface area contributed by atoms with Crippen molar-refractivity contribution in [1.82, 2.24) is 0 Å². The van der Waals surface area contributed by atoms with Crippen LogP contribution in [0, 0.1) is 0 Å². The lowest BCUT2D eigenvalue weighted by Gasteiger charge is -2.10. The van der Waals surface area contributed by atoms with E-state index in [1.165, 1.54) is 24.3 Å². The number of ether oxygens (including phenoxy) is 2. The van der Waals surface area contributed by atoms with Crippen molar-refractivity contribution in [3.8, 4) is 5.75 Å². The van der Waals surface area contributed by atoms with Crippen LogP contribution in [0.5, 0.6) is 5.75 Å². The summed E-state index contributed by atoms with van der Waals surface area (Å²) in [5.41, 5.74) is 0.936. The molecule has 0 aromatic heterocycles. The molecule has 0 heterocycles. The predicted molar refractivity (Wildman–Crippen MR) is 99.0 cm³/mol. The zero-order valence-electron chi connectivity index (χ0n) is 15.0. The van der Waals surface area contributed by atoms with Crippen LogP contribution < -0.4 is 9.88 Å². The Labute approximate surface area is 158 Å². The van der Waals surface area contributed by atoms with Crippen LogP contribution in [-0.2, 0) is 26.0 Å². The van der Waals surface area contributed by atoms with Gasteiger partial charge in [0.15, 0.2) is 12.4 Å². The average molecular weight is 391 g/mol. The van der Waals surface area contributed by atoms with Gasteiger partial charge in [0, 0.05) is 5.56 Å². The first-order valence-corrected chi connectivity index (χ1v) is 9.77. The number of hydrogen-bond acceptors (Lipinski definition) is 6. The molecular weight excluding hydrogens is 370 g/mol. The van der Waals surface area contributed by atoms with Crippen molar-refractivity contribution in [2.75, 3.05) is 6.61 Å². The fourth-order valence-electron chi connectivity index (χ4n) is 2.28. The minimum Gasteiger partial charge on any atom is -0.491 e. The van der Waals surface area contributed by atoms with Gasteiger partial charge < -0.3 is 9.47 Å². The molecule has 27 heavy (non-hydrogen) atoms. The Hall–Kier alpha value is -2.71. The van der Waals surface area contributed by atoms with Gasteiger partial charge in [0.05, 0.1) is 17.4 Å². The van der Waals surface area contributed by atoms with Crippen molar-refractivity contribution in [3.63, 3.8) is 0 Å². The number of carbonyl (C=O) groups is 2. The monoisotopic (exact) mass is 391 g/mol. The van der Waals surface area contributed by atoms with E-state index in [1.54, 1.807) is 24.3 Å². The summed E-state index contributed by atoms with van der Waals surface area (Å²) < 4.78 is 33.0. The molecule has 0 aliphatic carbocycles. The van der Waals surface area contributed by atoms with Crippen LogP contribution in [0.25, 0.3) is 0 Å². The standard InChI is InChI=1S/C19H21NO6S/c1-13(2)26-16-5-3-4-14(10-16)11-19(22)25-12-18(21)15-6-8-17(9-7-15)27(20,23)24/h3-10,13H,11-12H2,1-2H3,(H2,20,23,24). The SMILES string of the molecule is CC(C)Oc1cccc(CC(=O)OCC(=O)c2ccc(S(N)(=O)=O)cc2)c1. The predicted octanol–water partition coefficient (Wildman–Crippen LogP) is 2.09. The molecule has 0 bridgehead atoms. The van der Waals surface area contributed by atoms with Crippen LogP contribution >= 0.6 is 0 Å². The highest BCUT2D eigenvalue weighted by Crippen LogP contribution is 2.16. The first kappa shape index (κ1) is 20.6. The minimum absolute atomic E-state index is 0.00688. The largest absolute Gasteiger partial charge is 0.491 e. The Kier molecular flexibility index (Phi) is 6.70. The van der Waals surface area contributed by atoms with Crippen LogP contribution in [0.4, 0.5) is 0 Å². The van der Waals surface area contributed by atoms with E-state index >= 15 is 0 Å². The number of benzene rings is 2. The summed E-state index contributed by atoms with van der Waals surface area (Å²) in [4.78, 5) is 23.9. The van der Waals surface area contributed by atoms with E-state index in [1.807, 2.05) is 13.8 Å². The molecule has 0 spiro atoms. The normalized spacial score (nSPS) is 11.3. The average Bonchev–Trinajstić information content (AvgIpc) is 2.59. The maximum atomic E-state index is 12.1. The lowest BCUT2D eigenvalue weighted by atomic mass is 10.1. The van der Waals surface area contributed by atoms with Gasteiger partial charge in [0.25, 0.3) is 0 Å². The Morgan fingerprint density at radius 2 is 1.74 bits per heavy atom. The highest BCUT2D eigenvalue weighted by molar-refractivity contribution is 7.89. The van der Waals surface area contributed by atoms with Gasteiger partial charge in [-0.05, 0) is 55.8 Å². The summed E-state index contributed by atoms with van der Waals surface area (Å²) in [6.45, 7) is 3.37. The molecule has 0 saturated heterocycles. The number of primary sulfonamides is 1. The molecule has 8 heteroatoms. The molecule has 2 rings (SSSR count). The molecule has 0 fully saturated rings. The Bertz CT molecular complexity index is 919. The second-order valence-corrected chi connectivity index (χ2v) is 7.71. The molecule has 0 aliphatic heterocycles. The summed E-state index contributed by atoms with van der Waals surface area (Å²) in [5, 5.41) is 5.00. The highest BCUT2D eigenvalue weighted by atomic mass is 32.2. The van der Waals surface area contributed by atoms with E-state index in [9.17, 15) is 18.0 Å². The molecule has 0 saturated carbocycles. The number of sulfonamides is 1. The molecule has 0 unspecified atom stereocenters. The lowest BCUT2D eigenvalue weighted by molar-refractivity contribution is -0.141. The summed E-state index contributed by atoms with van der Waals surface area (Å²) >= 11 is 0. The summed E-state index contributed by atoms with van der Waals surface area (Å²) in [6.07, 6.45) is 0.0258. The Balaban J connectivity index is 1.90. The summed E-state index contributed by atoms with van der Waals surface area (Å²) in [6, 6.07) is 12.2. The quantitative estimate of drug-likeness (QED) is 0.545. The fraction of sp³-hybridized carbons (Fsp3) is 0.263. The summed E-state index contributed by atoms with van der Waals surface area (Å²) in [7, 11) is -3.82. The van der Waals surface area contributed by atoms with E-state index in [2.05, 4.69) is 0 Å². The van der Waals surface area contributed by atoms with Gasteiger partial charge in [-0.3, -0.25) is 9.59 Å². The van der Waals surface area contributed by atoms with Crippen LogP contribution in [-0.4, -0.2) is 32.9 Å². The van der Waals surface area contributed by atoms with E-state index < -0.39 is 28.4 Å². The molecule has 2 N–H and O–H groups in total. The van der Waals surface area contributed by atoms with Gasteiger partial charge in [-0.15, -0.1) is 0 Å². The molecule has 0 amide bonds. The first-order valence-electron chi connectivity index (χ1n) is 8.22. The Morgan fingerprint density at radius 1 is 1.07 bits per heavy atom. The smallest absolute Gasteiger partial charge is 0.310 e. The molecule has 2 aromatic rings. The van der Waals surface area contributed by atoms with Crippen LogP contribution in [0.3, 0.4) is 0 Å². The van der Waals surface area contributed by atoms with Crippen molar-refractivity contribution in [3.05, 3.63) is 59.7 Å². The molecule has 2 aromatic carbocycles. The topological polar surface area (TPSA) is 113 Å². The van der Waals surface area contributed by atoms with Crippen LogP contribution in [0.2, 0.25) is 0 Å². The van der Waals surface area contributed by atoms with Crippen LogP contribution in [0.1, 0.15) is 29.8 Å². The van der Waals surface area contributed by atoms with Gasteiger partial charge in [0.2, 0.25) is 10.0 Å². The Morgan fingerprint density at radius 3 is 2.33 bits per heavy atom. The zero-order valence-corrected chi connectivity index (χ0v) is 15.9. The molecule has 0 radical (unpaired) electrons. The van der Waals surface area contributed by atoms with Gasteiger partial charge in [-0.1, -0.05) is 12.1 Å². The fourth-order valence-corrected chi connectivity index (χ4v) is 2.79. The third kappa shape index (κ3) is 6.50. The van der Waals surface area contributed by atoms with Gasteiger partial charge in [-0.2, -0.15) is 0 Å². The molecule has 7 nitrogen and oxygen atoms in total. The molecular formula is C19H21NO6S. The second-order valence-electron chi connectivity index (χ2n) is 6.14. The summed E-state index contributed by atoms with van der Waals surface area (Å²) in [5.74, 6) is -0.339. The number of hydrogen-bond donors (Lipinski definition) is 1. The third-order valence-electron chi connectivity index (χ3n) is 3.49. The zero-order chi connectivity index (χ0) is 20.0. The number of nitrogens with two attached hydrogens (primary N) is 1. The number of esters is 1. The number of rotatable bonds is 8. The van der Waals surface area contributed by atoms with E-state index in [-0.39, 0.29) is 23.0 Å². The van der Waals surface area contributed by atoms with E-state index in [0.717, 1.165) is 0 Å². The van der Waals surface area contributed by atoms with Crippen molar-refractivity contribution in [1.29, 1.82) is 0 Å². The van der Waals surface area contributed by atoms with E-state index in [4.69, 9.17) is 14.6 Å². The number of ketones is 1. The molecule has 0 aliphatic rings. The van der Waals surface area contributed by atoms with Crippen molar-refractivity contribution >= 4 is 21.8 Å². The first-order chi connectivity index (χ1) is 12.6. The van der Waals surface area contributed by atoms with Crippen molar-refractivity contribution in [2.45, 2.75) is 31.3 Å². The second kappa shape index (κ2) is 8.79. The minimum atomic E-state index is -3.82. The lowest BCUT2D eigenvalue weighted by Crippen LogP contribution is -2.16. The van der Waals surface area contributed by atoms with Crippen molar-refractivity contribution in [2.24, 2.45) is 5.14 Å². The molecule has 144 valence electrons. The van der Waals surface area contributed by atoms with Crippen molar-refractivity contribution < 1.29 is 27.5 Å². The number of carbonyl (C=O) groups excluding carboxylic acids is 2. The van der Waals surface area contributed by atoms with Gasteiger partial charge in [0.1, 0.15) is 5.75 Å². The van der Waals surface area contributed by atoms with Gasteiger partial charge >= 0.3 is 5.97 Å². The number of Topliss-reactive ketones (excluding diaryl/α,β-unsaturated/α-hetero) is 1. The maximum Gasteiger partial charge on any atom is 0.310 e. The van der Waals surface area contributed by atoms with E-state index in [0.29, 0.717) is 11.3 Å². The molecule has 0 atom stereocenters. The third-order valence-corrected chi connectivity index (χ3v) is 4.42. The van der Waals surface area contributed by atoms with Gasteiger partial charge in [-0.25, -0.2) is 13.6 Å². The van der Waals surface area contributed by atoms with Crippen LogP contribution in [0.15, 0.2) is 53.4 Å². The maximum absolute atomic E-state index is 12.1. The highest BCUT2D eigenvalue weighted by Gasteiger charge is 2.13.